The predicted molar refractivity (Wildman–Crippen MR) is 91.6 cm³/mol. The van der Waals surface area contributed by atoms with Gasteiger partial charge in [-0.1, -0.05) is 26.0 Å². The molecule has 0 spiro atoms. The quantitative estimate of drug-likeness (QED) is 0.554. The summed E-state index contributed by atoms with van der Waals surface area (Å²) < 4.78 is 1.71. The van der Waals surface area contributed by atoms with Crippen LogP contribution in [-0.4, -0.2) is 20.3 Å². The molecule has 3 rings (SSSR count). The molecule has 0 fully saturated rings. The molecule has 2 aromatic heterocycles. The first-order valence-electron chi connectivity index (χ1n) is 7.70. The summed E-state index contributed by atoms with van der Waals surface area (Å²) in [6.45, 7) is 5.53. The predicted octanol–water partition coefficient (Wildman–Crippen LogP) is 4.78. The summed E-state index contributed by atoms with van der Waals surface area (Å²) in [6.07, 6.45) is 1.79. The monoisotopic (exact) mass is 322 g/mol. The highest BCUT2D eigenvalue weighted by Crippen LogP contribution is 2.32. The van der Waals surface area contributed by atoms with Gasteiger partial charge in [-0.15, -0.1) is 10.2 Å². The minimum atomic E-state index is -0.0188. The molecule has 1 aromatic carbocycles. The Hall–Kier alpha value is -3.02. The highest BCUT2D eigenvalue weighted by molar-refractivity contribution is 5.94. The lowest BCUT2D eigenvalue weighted by atomic mass is 10.1. The number of fused-ring (bicyclic) bond motifs is 1. The molecule has 0 aliphatic carbocycles. The molecule has 24 heavy (non-hydrogen) atoms. The molecule has 3 aromatic rings. The van der Waals surface area contributed by atoms with Crippen molar-refractivity contribution >= 4 is 22.9 Å². The van der Waals surface area contributed by atoms with Crippen molar-refractivity contribution < 1.29 is 9.90 Å². The van der Waals surface area contributed by atoms with Crippen LogP contribution in [0.5, 0.6) is 5.75 Å². The molecule has 0 atom stereocenters. The van der Waals surface area contributed by atoms with Gasteiger partial charge in [-0.2, -0.15) is 0 Å². The second kappa shape index (κ2) is 6.23. The van der Waals surface area contributed by atoms with Gasteiger partial charge in [0.15, 0.2) is 23.0 Å². The Labute approximate surface area is 139 Å². The molecule has 6 nitrogen and oxygen atoms in total. The molecule has 1 N–H and O–H groups in total. The highest BCUT2D eigenvalue weighted by Gasteiger charge is 2.16. The lowest BCUT2D eigenvalue weighted by molar-refractivity contribution is 0.101. The van der Waals surface area contributed by atoms with Crippen molar-refractivity contribution in [1.82, 2.24) is 9.38 Å². The number of aromatic nitrogens is 2. The Morgan fingerprint density at radius 3 is 2.71 bits per heavy atom. The molecule has 0 radical (unpaired) electrons. The number of pyridine rings is 1. The maximum atomic E-state index is 11.5. The Bertz CT molecular complexity index is 941. The summed E-state index contributed by atoms with van der Waals surface area (Å²) in [5.41, 5.74) is 2.38. The SMILES string of the molecule is CC(=O)c1cccc(N=Nc2c(C(C)C)nc3c(O)cccn23)c1. The van der Waals surface area contributed by atoms with Gasteiger partial charge in [0.25, 0.3) is 0 Å². The van der Waals surface area contributed by atoms with E-state index < -0.39 is 0 Å². The van der Waals surface area contributed by atoms with Crippen LogP contribution in [0.3, 0.4) is 0 Å². The molecule has 0 unspecified atom stereocenters. The van der Waals surface area contributed by atoms with E-state index in [1.54, 1.807) is 47.0 Å². The smallest absolute Gasteiger partial charge is 0.183 e. The van der Waals surface area contributed by atoms with E-state index in [9.17, 15) is 9.90 Å². The largest absolute Gasteiger partial charge is 0.504 e. The van der Waals surface area contributed by atoms with Crippen molar-refractivity contribution in [3.63, 3.8) is 0 Å². The van der Waals surface area contributed by atoms with E-state index in [1.165, 1.54) is 6.92 Å². The van der Waals surface area contributed by atoms with Gasteiger partial charge < -0.3 is 5.11 Å². The number of carbonyl (C=O) groups excluding carboxylic acids is 1. The average molecular weight is 322 g/mol. The highest BCUT2D eigenvalue weighted by atomic mass is 16.3. The third-order valence-electron chi connectivity index (χ3n) is 3.69. The number of imidazole rings is 1. The zero-order chi connectivity index (χ0) is 17.3. The maximum absolute atomic E-state index is 11.5. The van der Waals surface area contributed by atoms with E-state index in [1.807, 2.05) is 13.8 Å². The van der Waals surface area contributed by atoms with E-state index >= 15 is 0 Å². The molecular weight excluding hydrogens is 304 g/mol. The molecule has 2 heterocycles. The summed E-state index contributed by atoms with van der Waals surface area (Å²) in [7, 11) is 0. The molecule has 0 saturated carbocycles. The standard InChI is InChI=1S/C18H18N4O2/c1-11(2)16-18(22-9-5-8-15(24)17(22)19-16)21-20-14-7-4-6-13(10-14)12(3)23/h4-11,24H,1-3H3. The topological polar surface area (TPSA) is 79.3 Å². The van der Waals surface area contributed by atoms with Crippen molar-refractivity contribution in [2.24, 2.45) is 10.2 Å². The number of Topliss-reactive ketones (excluding diaryl/α,β-unsaturated/α-hetero) is 1. The van der Waals surface area contributed by atoms with Gasteiger partial charge in [0, 0.05) is 11.8 Å². The lowest BCUT2D eigenvalue weighted by Gasteiger charge is -2.02. The zero-order valence-electron chi connectivity index (χ0n) is 13.8. The minimum Gasteiger partial charge on any atom is -0.504 e. The summed E-state index contributed by atoms with van der Waals surface area (Å²) in [6, 6.07) is 10.3. The third kappa shape index (κ3) is 2.90. The fraction of sp³-hybridized carbons (Fsp3) is 0.222. The van der Waals surface area contributed by atoms with Gasteiger partial charge in [0.1, 0.15) is 0 Å². The molecule has 0 saturated heterocycles. The minimum absolute atomic E-state index is 0.0188. The van der Waals surface area contributed by atoms with Crippen molar-refractivity contribution in [2.75, 3.05) is 0 Å². The normalized spacial score (nSPS) is 11.7. The second-order valence-corrected chi connectivity index (χ2v) is 5.87. The first-order valence-corrected chi connectivity index (χ1v) is 7.70. The summed E-state index contributed by atoms with van der Waals surface area (Å²) in [4.78, 5) is 15.9. The maximum Gasteiger partial charge on any atom is 0.183 e. The van der Waals surface area contributed by atoms with Crippen LogP contribution in [0.2, 0.25) is 0 Å². The molecule has 0 bridgehead atoms. The van der Waals surface area contributed by atoms with Crippen LogP contribution in [-0.2, 0) is 0 Å². The van der Waals surface area contributed by atoms with Crippen molar-refractivity contribution in [3.05, 3.63) is 53.9 Å². The van der Waals surface area contributed by atoms with Gasteiger partial charge in [-0.3, -0.25) is 9.20 Å². The molecule has 0 amide bonds. The van der Waals surface area contributed by atoms with Gasteiger partial charge in [-0.05, 0) is 37.1 Å². The van der Waals surface area contributed by atoms with Crippen LogP contribution in [0.4, 0.5) is 11.5 Å². The van der Waals surface area contributed by atoms with Gasteiger partial charge in [0.2, 0.25) is 0 Å². The van der Waals surface area contributed by atoms with E-state index in [0.717, 1.165) is 5.69 Å². The Kier molecular flexibility index (Phi) is 4.12. The number of benzene rings is 1. The number of nitrogens with zero attached hydrogens (tertiary/aromatic N) is 4. The number of hydrogen-bond acceptors (Lipinski definition) is 5. The van der Waals surface area contributed by atoms with Gasteiger partial charge >= 0.3 is 0 Å². The lowest BCUT2D eigenvalue weighted by Crippen LogP contribution is -1.90. The van der Waals surface area contributed by atoms with Crippen LogP contribution < -0.4 is 0 Å². The first-order chi connectivity index (χ1) is 11.5. The number of azo groups is 1. The second-order valence-electron chi connectivity index (χ2n) is 5.87. The summed E-state index contributed by atoms with van der Waals surface area (Å²) in [5.74, 6) is 0.778. The molecular formula is C18H18N4O2. The number of ketones is 1. The van der Waals surface area contributed by atoms with Crippen LogP contribution in [0.1, 0.15) is 42.7 Å². The number of aromatic hydroxyl groups is 1. The van der Waals surface area contributed by atoms with Gasteiger partial charge in [0.05, 0.1) is 11.4 Å². The zero-order valence-corrected chi connectivity index (χ0v) is 13.8. The summed E-state index contributed by atoms with van der Waals surface area (Å²) >= 11 is 0. The number of rotatable bonds is 4. The van der Waals surface area contributed by atoms with E-state index in [-0.39, 0.29) is 17.5 Å². The van der Waals surface area contributed by atoms with E-state index in [2.05, 4.69) is 15.2 Å². The van der Waals surface area contributed by atoms with Crippen molar-refractivity contribution in [2.45, 2.75) is 26.7 Å². The van der Waals surface area contributed by atoms with E-state index in [0.29, 0.717) is 22.7 Å². The third-order valence-corrected chi connectivity index (χ3v) is 3.69. The number of hydrogen-bond donors (Lipinski definition) is 1. The average Bonchev–Trinajstić information content (AvgIpc) is 2.93. The Morgan fingerprint density at radius 1 is 1.21 bits per heavy atom. The molecule has 0 aliphatic heterocycles. The van der Waals surface area contributed by atoms with Crippen LogP contribution in [0.15, 0.2) is 52.8 Å². The summed E-state index contributed by atoms with van der Waals surface area (Å²) in [5, 5.41) is 18.6. The van der Waals surface area contributed by atoms with Crippen LogP contribution in [0, 0.1) is 0 Å². The van der Waals surface area contributed by atoms with Gasteiger partial charge in [-0.25, -0.2) is 4.98 Å². The number of carbonyl (C=O) groups is 1. The molecule has 122 valence electrons. The van der Waals surface area contributed by atoms with Crippen molar-refractivity contribution in [1.29, 1.82) is 0 Å². The Morgan fingerprint density at radius 2 is 2.00 bits per heavy atom. The molecule has 0 aliphatic rings. The first kappa shape index (κ1) is 15.9. The van der Waals surface area contributed by atoms with Crippen molar-refractivity contribution in [3.8, 4) is 5.75 Å². The fourth-order valence-corrected chi connectivity index (χ4v) is 2.44. The fourth-order valence-electron chi connectivity index (χ4n) is 2.44. The van der Waals surface area contributed by atoms with Crippen LogP contribution >= 0.6 is 0 Å². The van der Waals surface area contributed by atoms with E-state index in [4.69, 9.17) is 0 Å². The Balaban J connectivity index is 2.09. The van der Waals surface area contributed by atoms with Crippen LogP contribution in [0.25, 0.3) is 5.65 Å². The molecule has 6 heteroatoms.